The predicted octanol–water partition coefficient (Wildman–Crippen LogP) is 5.52. The van der Waals surface area contributed by atoms with Gasteiger partial charge in [-0.1, -0.05) is 6.07 Å². The van der Waals surface area contributed by atoms with Crippen LogP contribution in [0.3, 0.4) is 0 Å². The molecule has 0 fully saturated rings. The van der Waals surface area contributed by atoms with E-state index in [1.54, 1.807) is 0 Å². The molecule has 39 heavy (non-hydrogen) atoms. The zero-order chi connectivity index (χ0) is 30.2. The lowest BCUT2D eigenvalue weighted by Crippen LogP contribution is -2.55. The van der Waals surface area contributed by atoms with Gasteiger partial charge in [0.15, 0.2) is 0 Å². The molecule has 0 radical (unpaired) electrons. The number of hydrogen-bond donors (Lipinski definition) is 1. The third-order valence-corrected chi connectivity index (χ3v) is 8.24. The summed E-state index contributed by atoms with van der Waals surface area (Å²) in [7, 11) is -9.70. The van der Waals surface area contributed by atoms with E-state index in [2.05, 4.69) is 0 Å². The van der Waals surface area contributed by atoms with E-state index in [1.807, 2.05) is 5.32 Å². The van der Waals surface area contributed by atoms with Crippen molar-refractivity contribution in [1.82, 2.24) is 0 Å². The minimum atomic E-state index is -7.11. The Morgan fingerprint density at radius 3 is 2.08 bits per heavy atom. The monoisotopic (exact) mass is 636 g/mol. The molecule has 0 saturated heterocycles. The van der Waals surface area contributed by atoms with Crippen LogP contribution in [0.25, 0.3) is 0 Å². The number of rotatable bonds is 9. The zero-order valence-corrected chi connectivity index (χ0v) is 20.6. The van der Waals surface area contributed by atoms with E-state index in [9.17, 15) is 71.4 Å². The largest absolute Gasteiger partial charge is 0.461 e. The van der Waals surface area contributed by atoms with Crippen molar-refractivity contribution in [2.45, 2.75) is 37.5 Å². The molecule has 1 unspecified atom stereocenters. The number of anilines is 1. The lowest BCUT2D eigenvalue weighted by atomic mass is 10.3. The number of halogens is 10. The molecule has 0 saturated carbocycles. The number of nitro benzene ring substituents is 1. The van der Waals surface area contributed by atoms with Gasteiger partial charge in [0.05, 0.1) is 20.6 Å². The molecule has 1 N–H and O–H groups in total. The van der Waals surface area contributed by atoms with Gasteiger partial charge in [-0.05, 0) is 42.1 Å². The molecule has 0 aliphatic rings. The molecule has 0 aliphatic heterocycles. The summed E-state index contributed by atoms with van der Waals surface area (Å²) in [4.78, 5) is 18.5. The molecule has 1 atom stereocenters. The van der Waals surface area contributed by atoms with Crippen molar-refractivity contribution in [2.24, 2.45) is 0 Å². The quantitative estimate of drug-likeness (QED) is 0.167. The van der Waals surface area contributed by atoms with Crippen molar-refractivity contribution in [3.63, 3.8) is 0 Å². The molecule has 2 aromatic carbocycles. The van der Waals surface area contributed by atoms with Crippen LogP contribution >= 0.6 is 11.8 Å². The Hall–Kier alpha value is -2.94. The zero-order valence-electron chi connectivity index (χ0n) is 18.1. The topological polar surface area (TPSA) is 123 Å². The van der Waals surface area contributed by atoms with Crippen LogP contribution < -0.4 is 5.32 Å². The van der Waals surface area contributed by atoms with Crippen molar-refractivity contribution in [2.75, 3.05) is 11.1 Å². The number of carbonyl (C=O) groups is 1. The van der Waals surface area contributed by atoms with Crippen LogP contribution in [0.2, 0.25) is 0 Å². The van der Waals surface area contributed by atoms with Gasteiger partial charge in [0.2, 0.25) is 5.91 Å². The summed E-state index contributed by atoms with van der Waals surface area (Å²) in [6, 6.07) is 3.96. The van der Waals surface area contributed by atoms with Crippen LogP contribution in [0.4, 0.5) is 55.3 Å². The summed E-state index contributed by atoms with van der Waals surface area (Å²) in [5, 5.41) is 6.53. The number of nitrogens with zero attached hydrogens (tertiary/aromatic N) is 1. The SMILES string of the molecule is O=C(CS(=O)c1ccc(S(=O)(=O)C(F)(F)C(F)(F)C(F)(F)F)cc1[N+](=O)[O-])Nc1cccc(SC(F)(F)F)c1. The minimum Gasteiger partial charge on any atom is -0.325 e. The molecule has 8 nitrogen and oxygen atoms in total. The molecular weight excluding hydrogens is 626 g/mol. The summed E-state index contributed by atoms with van der Waals surface area (Å²) in [6.07, 6.45) is -7.03. The number of hydrogen-bond acceptors (Lipinski definition) is 7. The predicted molar refractivity (Wildman–Crippen MR) is 114 cm³/mol. The molecule has 21 heteroatoms. The molecule has 2 aromatic rings. The smallest absolute Gasteiger partial charge is 0.325 e. The number of thioether (sulfide) groups is 1. The third kappa shape index (κ3) is 6.99. The van der Waals surface area contributed by atoms with Crippen LogP contribution in [-0.2, 0) is 25.4 Å². The molecule has 0 aliphatic carbocycles. The molecular formula is C18H10F10N2O6S3. The number of sulfone groups is 1. The summed E-state index contributed by atoms with van der Waals surface area (Å²) in [5.41, 5.74) is -6.48. The maximum absolute atomic E-state index is 13.8. The van der Waals surface area contributed by atoms with Gasteiger partial charge in [0, 0.05) is 16.6 Å². The Morgan fingerprint density at radius 2 is 1.56 bits per heavy atom. The van der Waals surface area contributed by atoms with Gasteiger partial charge < -0.3 is 5.32 Å². The number of benzene rings is 2. The van der Waals surface area contributed by atoms with E-state index in [4.69, 9.17) is 0 Å². The van der Waals surface area contributed by atoms with Crippen LogP contribution in [0, 0.1) is 10.1 Å². The summed E-state index contributed by atoms with van der Waals surface area (Å²) in [6.45, 7) is 0. The molecule has 1 amide bonds. The number of nitro groups is 1. The second kappa shape index (κ2) is 10.9. The van der Waals surface area contributed by atoms with Crippen LogP contribution in [-0.4, -0.2) is 52.1 Å². The van der Waals surface area contributed by atoms with E-state index in [0.29, 0.717) is 0 Å². The highest BCUT2D eigenvalue weighted by atomic mass is 32.2. The number of alkyl halides is 10. The fourth-order valence-electron chi connectivity index (χ4n) is 2.65. The second-order valence-electron chi connectivity index (χ2n) is 7.09. The average Bonchev–Trinajstić information content (AvgIpc) is 2.76. The van der Waals surface area contributed by atoms with Gasteiger partial charge in [-0.3, -0.25) is 19.1 Å². The summed E-state index contributed by atoms with van der Waals surface area (Å²) in [5.74, 6) is -9.47. The summed E-state index contributed by atoms with van der Waals surface area (Å²) >= 11 is -0.532. The van der Waals surface area contributed by atoms with E-state index < -0.39 is 87.3 Å². The van der Waals surface area contributed by atoms with Crippen molar-refractivity contribution in [3.8, 4) is 0 Å². The molecule has 0 aromatic heterocycles. The molecule has 216 valence electrons. The van der Waals surface area contributed by atoms with E-state index >= 15 is 0 Å². The Morgan fingerprint density at radius 1 is 0.974 bits per heavy atom. The highest BCUT2D eigenvalue weighted by Gasteiger charge is 2.78. The Kier molecular flexibility index (Phi) is 9.03. The highest BCUT2D eigenvalue weighted by molar-refractivity contribution is 8.00. The van der Waals surface area contributed by atoms with E-state index in [0.717, 1.165) is 24.3 Å². The Labute approximate surface area is 217 Å². The first-order valence-electron chi connectivity index (χ1n) is 9.40. The molecule has 0 heterocycles. The number of carbonyl (C=O) groups excluding carboxylic acids is 1. The highest BCUT2D eigenvalue weighted by Crippen LogP contribution is 2.51. The number of nitrogens with one attached hydrogen (secondary N) is 1. The van der Waals surface area contributed by atoms with Crippen molar-refractivity contribution >= 4 is 49.7 Å². The maximum atomic E-state index is 13.8. The molecule has 0 spiro atoms. The first kappa shape index (κ1) is 32.3. The van der Waals surface area contributed by atoms with Gasteiger partial charge in [-0.2, -0.15) is 43.9 Å². The molecule has 0 bridgehead atoms. The summed E-state index contributed by atoms with van der Waals surface area (Å²) < 4.78 is 165. The second-order valence-corrected chi connectivity index (χ2v) is 11.6. The van der Waals surface area contributed by atoms with Crippen molar-refractivity contribution < 1.29 is 66.2 Å². The third-order valence-electron chi connectivity index (χ3n) is 4.36. The standard InChI is InChI=1S/C18H10F10N2O6S3/c19-15(20,16(21,22)23)17(24,25)39(35,36)11-4-5-13(12(7-11)30(32)33)38(34)8-14(31)29-9-2-1-3-10(6-9)37-18(26,27)28/h1-7H,8H2,(H,29,31). The lowest BCUT2D eigenvalue weighted by molar-refractivity contribution is -0.388. The van der Waals surface area contributed by atoms with Gasteiger partial charge in [0.1, 0.15) is 10.6 Å². The van der Waals surface area contributed by atoms with Gasteiger partial charge in [-0.25, -0.2) is 8.42 Å². The fourth-order valence-corrected chi connectivity index (χ4v) is 5.56. The average molecular weight is 636 g/mol. The Balaban J connectivity index is 2.35. The normalized spacial score (nSPS) is 14.1. The van der Waals surface area contributed by atoms with Crippen LogP contribution in [0.15, 0.2) is 57.2 Å². The lowest BCUT2D eigenvalue weighted by Gasteiger charge is -2.27. The molecule has 2 rings (SSSR count). The van der Waals surface area contributed by atoms with E-state index in [-0.39, 0.29) is 28.8 Å². The minimum absolute atomic E-state index is 0.0499. The van der Waals surface area contributed by atoms with Crippen LogP contribution in [0.5, 0.6) is 0 Å². The fraction of sp³-hybridized carbons (Fsp3) is 0.278. The van der Waals surface area contributed by atoms with Crippen molar-refractivity contribution in [1.29, 1.82) is 0 Å². The first-order valence-corrected chi connectivity index (χ1v) is 13.0. The van der Waals surface area contributed by atoms with Crippen LogP contribution in [0.1, 0.15) is 0 Å². The maximum Gasteiger partial charge on any atom is 0.461 e. The Bertz CT molecular complexity index is 1410. The van der Waals surface area contributed by atoms with E-state index in [1.165, 1.54) is 0 Å². The first-order chi connectivity index (χ1) is 17.5. The van der Waals surface area contributed by atoms with Crippen molar-refractivity contribution in [3.05, 3.63) is 52.6 Å². The van der Waals surface area contributed by atoms with Gasteiger partial charge >= 0.3 is 22.9 Å². The van der Waals surface area contributed by atoms with Gasteiger partial charge in [0.25, 0.3) is 15.5 Å². The number of amides is 1. The van der Waals surface area contributed by atoms with Gasteiger partial charge in [-0.15, -0.1) is 0 Å².